The summed E-state index contributed by atoms with van der Waals surface area (Å²) >= 11 is 19.1. The van der Waals surface area contributed by atoms with Gasteiger partial charge in [-0.15, -0.1) is 0 Å². The van der Waals surface area contributed by atoms with Crippen LogP contribution in [0.5, 0.6) is 5.75 Å². The van der Waals surface area contributed by atoms with Gasteiger partial charge in [-0.25, -0.2) is 8.42 Å². The van der Waals surface area contributed by atoms with E-state index in [0.29, 0.717) is 5.56 Å². The van der Waals surface area contributed by atoms with Crippen LogP contribution in [-0.2, 0) is 26.2 Å². The molecule has 3 aromatic carbocycles. The summed E-state index contributed by atoms with van der Waals surface area (Å²) in [5.41, 5.74) is -0.602. The summed E-state index contributed by atoms with van der Waals surface area (Å²) in [5.74, 6) is -1.27. The number of hydrogen-bond acceptors (Lipinski definition) is 7. The Balaban J connectivity index is 2.21. The molecule has 0 radical (unpaired) electrons. The molecule has 15 heteroatoms. The number of benzene rings is 3. The van der Waals surface area contributed by atoms with Gasteiger partial charge in [0.15, 0.2) is 0 Å². The number of ether oxygens (including phenoxy) is 1. The second kappa shape index (κ2) is 14.2. The van der Waals surface area contributed by atoms with Crippen LogP contribution in [-0.4, -0.2) is 55.3 Å². The van der Waals surface area contributed by atoms with Crippen molar-refractivity contribution in [2.75, 3.05) is 18.0 Å². The SMILES string of the molecule is COc1ccc(Cl)cc1N(CC(=O)N(Cc1c(Cl)cccc1Cl)C(C)C(=O)NC(C)(C)C)S(=O)(=O)c1ccc(C)c([N+](=O)[O-])c1. The fourth-order valence-electron chi connectivity index (χ4n) is 4.36. The van der Waals surface area contributed by atoms with Gasteiger partial charge < -0.3 is 15.0 Å². The predicted octanol–water partition coefficient (Wildman–Crippen LogP) is 6.40. The number of anilines is 1. The van der Waals surface area contributed by atoms with Crippen LogP contribution in [0.15, 0.2) is 59.5 Å². The third kappa shape index (κ3) is 8.57. The van der Waals surface area contributed by atoms with Crippen molar-refractivity contribution in [2.24, 2.45) is 0 Å². The van der Waals surface area contributed by atoms with Gasteiger partial charge in [0, 0.05) is 44.3 Å². The number of rotatable bonds is 11. The second-order valence-corrected chi connectivity index (χ2v) is 14.3. The van der Waals surface area contributed by atoms with Gasteiger partial charge in [0.1, 0.15) is 18.3 Å². The molecule has 242 valence electrons. The van der Waals surface area contributed by atoms with Crippen LogP contribution in [0.1, 0.15) is 38.8 Å². The minimum absolute atomic E-state index is 0.0524. The first-order chi connectivity index (χ1) is 20.9. The number of halogens is 3. The van der Waals surface area contributed by atoms with Crippen LogP contribution >= 0.6 is 34.8 Å². The largest absolute Gasteiger partial charge is 0.495 e. The van der Waals surface area contributed by atoms with Crippen molar-refractivity contribution >= 4 is 68.0 Å². The molecule has 0 saturated carbocycles. The van der Waals surface area contributed by atoms with E-state index in [1.54, 1.807) is 39.0 Å². The lowest BCUT2D eigenvalue weighted by Gasteiger charge is -2.34. The molecule has 0 aliphatic heterocycles. The number of nitrogens with zero attached hydrogens (tertiary/aromatic N) is 3. The first kappa shape index (κ1) is 35.9. The molecule has 1 atom stereocenters. The average Bonchev–Trinajstić information content (AvgIpc) is 2.94. The molecule has 0 spiro atoms. The summed E-state index contributed by atoms with van der Waals surface area (Å²) in [4.78, 5) is 39.2. The number of amides is 2. The molecule has 2 amide bonds. The summed E-state index contributed by atoms with van der Waals surface area (Å²) in [6, 6.07) is 11.2. The topological polar surface area (TPSA) is 139 Å². The summed E-state index contributed by atoms with van der Waals surface area (Å²) in [6.07, 6.45) is 0. The van der Waals surface area contributed by atoms with E-state index in [1.165, 1.54) is 51.3 Å². The Labute approximate surface area is 277 Å². The zero-order valence-corrected chi connectivity index (χ0v) is 28.5. The highest BCUT2D eigenvalue weighted by Crippen LogP contribution is 2.36. The fourth-order valence-corrected chi connectivity index (χ4v) is 6.48. The van der Waals surface area contributed by atoms with Gasteiger partial charge >= 0.3 is 0 Å². The lowest BCUT2D eigenvalue weighted by molar-refractivity contribution is -0.385. The zero-order valence-electron chi connectivity index (χ0n) is 25.4. The van der Waals surface area contributed by atoms with E-state index in [9.17, 15) is 28.1 Å². The Hall–Kier alpha value is -3.58. The van der Waals surface area contributed by atoms with E-state index in [4.69, 9.17) is 39.5 Å². The molecule has 0 saturated heterocycles. The van der Waals surface area contributed by atoms with Crippen molar-refractivity contribution < 1.29 is 27.7 Å². The van der Waals surface area contributed by atoms with Gasteiger partial charge in [-0.2, -0.15) is 0 Å². The Morgan fingerprint density at radius 2 is 1.67 bits per heavy atom. The Morgan fingerprint density at radius 3 is 2.22 bits per heavy atom. The molecule has 0 aliphatic rings. The number of nitrogens with one attached hydrogen (secondary N) is 1. The monoisotopic (exact) mass is 698 g/mol. The fraction of sp³-hybridized carbons (Fsp3) is 0.333. The third-order valence-electron chi connectivity index (χ3n) is 6.71. The molecule has 0 aliphatic carbocycles. The van der Waals surface area contributed by atoms with Crippen molar-refractivity contribution in [1.29, 1.82) is 0 Å². The number of nitro groups is 1. The highest BCUT2D eigenvalue weighted by atomic mass is 35.5. The minimum atomic E-state index is -4.68. The van der Waals surface area contributed by atoms with E-state index in [1.807, 2.05) is 0 Å². The second-order valence-electron chi connectivity index (χ2n) is 11.2. The third-order valence-corrected chi connectivity index (χ3v) is 9.41. The summed E-state index contributed by atoms with van der Waals surface area (Å²) in [5, 5.41) is 15.1. The quantitative estimate of drug-likeness (QED) is 0.181. The molecule has 3 rings (SSSR count). The Bertz CT molecular complexity index is 1710. The number of hydrogen-bond donors (Lipinski definition) is 1. The molecule has 45 heavy (non-hydrogen) atoms. The van der Waals surface area contributed by atoms with E-state index in [2.05, 4.69) is 5.32 Å². The van der Waals surface area contributed by atoms with E-state index in [0.717, 1.165) is 15.3 Å². The van der Waals surface area contributed by atoms with Gasteiger partial charge in [-0.3, -0.25) is 24.0 Å². The van der Waals surface area contributed by atoms with Crippen LogP contribution in [0.3, 0.4) is 0 Å². The van der Waals surface area contributed by atoms with Gasteiger partial charge in [-0.05, 0) is 71.0 Å². The van der Waals surface area contributed by atoms with Gasteiger partial charge in [-0.1, -0.05) is 46.9 Å². The summed E-state index contributed by atoms with van der Waals surface area (Å²) in [6.45, 7) is 7.19. The minimum Gasteiger partial charge on any atom is -0.495 e. The maximum atomic E-state index is 14.2. The van der Waals surface area contributed by atoms with E-state index < -0.39 is 55.5 Å². The molecule has 1 N–H and O–H groups in total. The number of sulfonamides is 1. The van der Waals surface area contributed by atoms with Crippen LogP contribution in [0, 0.1) is 17.0 Å². The van der Waals surface area contributed by atoms with Crippen LogP contribution < -0.4 is 14.4 Å². The predicted molar refractivity (Wildman–Crippen MR) is 175 cm³/mol. The number of nitro benzene ring substituents is 1. The first-order valence-electron chi connectivity index (χ1n) is 13.5. The van der Waals surface area contributed by atoms with Crippen LogP contribution in [0.25, 0.3) is 0 Å². The molecular weight excluding hydrogens is 667 g/mol. The van der Waals surface area contributed by atoms with Crippen molar-refractivity contribution in [1.82, 2.24) is 10.2 Å². The van der Waals surface area contributed by atoms with Crippen LogP contribution in [0.2, 0.25) is 15.1 Å². The number of methoxy groups -OCH3 is 1. The lowest BCUT2D eigenvalue weighted by atomic mass is 10.1. The van der Waals surface area contributed by atoms with Gasteiger partial charge in [0.2, 0.25) is 11.8 Å². The van der Waals surface area contributed by atoms with Gasteiger partial charge in [0.25, 0.3) is 15.7 Å². The highest BCUT2D eigenvalue weighted by Gasteiger charge is 2.36. The Kier molecular flexibility index (Phi) is 11.4. The average molecular weight is 700 g/mol. The number of carbonyl (C=O) groups excluding carboxylic acids is 2. The maximum absolute atomic E-state index is 14.2. The van der Waals surface area contributed by atoms with Crippen molar-refractivity contribution in [3.63, 3.8) is 0 Å². The molecule has 1 unspecified atom stereocenters. The van der Waals surface area contributed by atoms with Gasteiger partial charge in [0.05, 0.1) is 22.6 Å². The zero-order chi connectivity index (χ0) is 33.9. The number of carbonyl (C=O) groups is 2. The first-order valence-corrected chi connectivity index (χ1v) is 16.1. The van der Waals surface area contributed by atoms with Crippen molar-refractivity contribution in [2.45, 2.75) is 57.6 Å². The molecule has 3 aromatic rings. The van der Waals surface area contributed by atoms with E-state index in [-0.39, 0.29) is 38.6 Å². The standard InChI is InChI=1S/C30H33Cl3N4O7S/c1-18-10-12-21(15-25(18)37(40)41)45(42,43)36(26-14-20(31)11-13-27(26)44-6)17-28(38)35(19(2)29(39)34-30(3,4)5)16-22-23(32)8-7-9-24(22)33/h7-15,19H,16-17H2,1-6H3,(H,34,39). The molecule has 0 bridgehead atoms. The van der Waals surface area contributed by atoms with E-state index >= 15 is 0 Å². The molecular formula is C30H33Cl3N4O7S. The molecule has 11 nitrogen and oxygen atoms in total. The summed E-state index contributed by atoms with van der Waals surface area (Å²) in [7, 11) is -3.37. The van der Waals surface area contributed by atoms with Crippen LogP contribution in [0.4, 0.5) is 11.4 Å². The summed E-state index contributed by atoms with van der Waals surface area (Å²) < 4.78 is 34.6. The van der Waals surface area contributed by atoms with Crippen molar-refractivity contribution in [3.8, 4) is 5.75 Å². The Morgan fingerprint density at radius 1 is 1.04 bits per heavy atom. The smallest absolute Gasteiger partial charge is 0.273 e. The highest BCUT2D eigenvalue weighted by molar-refractivity contribution is 7.92. The molecule has 0 heterocycles. The maximum Gasteiger partial charge on any atom is 0.273 e. The normalized spacial score (nSPS) is 12.3. The molecule has 0 aromatic heterocycles. The molecule has 0 fully saturated rings. The number of aryl methyl sites for hydroxylation is 1. The lowest BCUT2D eigenvalue weighted by Crippen LogP contribution is -2.54. The van der Waals surface area contributed by atoms with Crippen molar-refractivity contribution in [3.05, 3.63) is 90.9 Å².